The van der Waals surface area contributed by atoms with Crippen molar-refractivity contribution in [3.05, 3.63) is 23.5 Å². The van der Waals surface area contributed by atoms with Gasteiger partial charge in [0.2, 0.25) is 0 Å². The van der Waals surface area contributed by atoms with E-state index in [9.17, 15) is 9.90 Å². The van der Waals surface area contributed by atoms with Gasteiger partial charge in [0.25, 0.3) is 0 Å². The van der Waals surface area contributed by atoms with E-state index in [-0.39, 0.29) is 5.97 Å². The van der Waals surface area contributed by atoms with Gasteiger partial charge in [-0.15, -0.1) is 0 Å². The number of methoxy groups -OCH3 is 1. The summed E-state index contributed by atoms with van der Waals surface area (Å²) < 4.78 is 15.6. The normalized spacial score (nSPS) is 15.8. The molecular weight excluding hydrogens is 284 g/mol. The average molecular weight is 312 g/mol. The van der Waals surface area contributed by atoms with Crippen molar-refractivity contribution in [2.24, 2.45) is 0 Å². The molecule has 0 aliphatic heterocycles. The Morgan fingerprint density at radius 3 is 2.68 bits per heavy atom. The van der Waals surface area contributed by atoms with Crippen molar-refractivity contribution in [1.82, 2.24) is 0 Å². The fourth-order valence-electron chi connectivity index (χ4n) is 2.11. The number of aliphatic hydroxyl groups is 1. The van der Waals surface area contributed by atoms with E-state index >= 15 is 0 Å². The lowest BCUT2D eigenvalue weighted by molar-refractivity contribution is -0.139. The molecule has 0 bridgehead atoms. The molecule has 0 radical (unpaired) electrons. The van der Waals surface area contributed by atoms with Gasteiger partial charge < -0.3 is 19.3 Å². The molecule has 0 aromatic heterocycles. The third kappa shape index (κ3) is 7.61. The molecule has 126 valence electrons. The molecule has 0 heterocycles. The molecule has 1 atom stereocenters. The highest BCUT2D eigenvalue weighted by molar-refractivity contribution is 5.89. The van der Waals surface area contributed by atoms with Gasteiger partial charge in [-0.3, -0.25) is 0 Å². The summed E-state index contributed by atoms with van der Waals surface area (Å²) in [4.78, 5) is 11.9. The number of carbonyl (C=O) groups excluding carboxylic acids is 1. The molecule has 1 N–H and O–H groups in total. The number of aliphatic hydroxyl groups excluding tert-OH is 1. The van der Waals surface area contributed by atoms with Crippen LogP contribution in [0.3, 0.4) is 0 Å². The molecule has 0 spiro atoms. The maximum absolute atomic E-state index is 11.9. The topological polar surface area (TPSA) is 65.0 Å². The molecule has 5 nitrogen and oxygen atoms in total. The Kier molecular flexibility index (Phi) is 9.59. The molecule has 0 amide bonds. The highest BCUT2D eigenvalue weighted by Gasteiger charge is 2.15. The largest absolute Gasteiger partial charge is 0.498 e. The smallest absolute Gasteiger partial charge is 0.334 e. The minimum Gasteiger partial charge on any atom is -0.498 e. The third-order valence-electron chi connectivity index (χ3n) is 3.47. The molecule has 5 heteroatoms. The van der Waals surface area contributed by atoms with Crippen LogP contribution in [0.4, 0.5) is 0 Å². The average Bonchev–Trinajstić information content (AvgIpc) is 2.56. The fourth-order valence-corrected chi connectivity index (χ4v) is 2.11. The van der Waals surface area contributed by atoms with E-state index in [0.717, 1.165) is 44.5 Å². The van der Waals surface area contributed by atoms with Crippen LogP contribution in [0.1, 0.15) is 51.9 Å². The predicted octanol–water partition coefficient (Wildman–Crippen LogP) is 3.09. The number of hydrogen-bond acceptors (Lipinski definition) is 5. The van der Waals surface area contributed by atoms with Crippen LogP contribution in [0, 0.1) is 0 Å². The summed E-state index contributed by atoms with van der Waals surface area (Å²) in [5.41, 5.74) is 0.707. The zero-order chi connectivity index (χ0) is 16.2. The molecule has 0 saturated heterocycles. The van der Waals surface area contributed by atoms with Crippen LogP contribution in [-0.2, 0) is 19.0 Å². The lowest BCUT2D eigenvalue weighted by Gasteiger charge is -2.15. The van der Waals surface area contributed by atoms with Crippen LogP contribution in [0.25, 0.3) is 0 Å². The summed E-state index contributed by atoms with van der Waals surface area (Å²) in [6.45, 7) is 3.21. The molecule has 1 rings (SSSR count). The van der Waals surface area contributed by atoms with Gasteiger partial charge in [0.1, 0.15) is 0 Å². The van der Waals surface area contributed by atoms with Crippen molar-refractivity contribution in [3.63, 3.8) is 0 Å². The highest BCUT2D eigenvalue weighted by atomic mass is 16.6. The van der Waals surface area contributed by atoms with Gasteiger partial charge in [0, 0.05) is 19.1 Å². The van der Waals surface area contributed by atoms with Crippen LogP contribution >= 0.6 is 0 Å². The number of unbranched alkanes of at least 4 members (excludes halogenated alkanes) is 2. The van der Waals surface area contributed by atoms with E-state index in [0.29, 0.717) is 25.0 Å². The van der Waals surface area contributed by atoms with Crippen LogP contribution in [0.2, 0.25) is 0 Å². The lowest BCUT2D eigenvalue weighted by Crippen LogP contribution is -2.12. The second-order valence-corrected chi connectivity index (χ2v) is 5.35. The van der Waals surface area contributed by atoms with E-state index in [4.69, 9.17) is 14.2 Å². The van der Waals surface area contributed by atoms with E-state index in [1.54, 1.807) is 6.08 Å². The zero-order valence-corrected chi connectivity index (χ0v) is 13.7. The third-order valence-corrected chi connectivity index (χ3v) is 3.47. The first-order chi connectivity index (χ1) is 10.7. The summed E-state index contributed by atoms with van der Waals surface area (Å²) in [6.07, 6.45) is 8.57. The Morgan fingerprint density at radius 1 is 1.23 bits per heavy atom. The first-order valence-electron chi connectivity index (χ1n) is 8.08. The minimum absolute atomic E-state index is 0.234. The Labute approximate surface area is 132 Å². The number of rotatable bonds is 11. The first kappa shape index (κ1) is 18.7. The van der Waals surface area contributed by atoms with Crippen molar-refractivity contribution >= 4 is 5.97 Å². The van der Waals surface area contributed by atoms with Gasteiger partial charge in [-0.2, -0.15) is 0 Å². The zero-order valence-electron chi connectivity index (χ0n) is 13.7. The monoisotopic (exact) mass is 312 g/mol. The van der Waals surface area contributed by atoms with Gasteiger partial charge in [-0.05, 0) is 50.7 Å². The number of hydrogen-bond donors (Lipinski definition) is 1. The fraction of sp³-hybridized carbons (Fsp3) is 0.706. The van der Waals surface area contributed by atoms with Gasteiger partial charge in [0.05, 0.1) is 19.0 Å². The number of carbonyl (C=O) groups is 1. The van der Waals surface area contributed by atoms with Crippen molar-refractivity contribution in [2.75, 3.05) is 20.3 Å². The summed E-state index contributed by atoms with van der Waals surface area (Å²) in [5.74, 6) is 0.706. The van der Waals surface area contributed by atoms with Crippen LogP contribution in [-0.4, -0.2) is 37.7 Å². The molecule has 0 aromatic carbocycles. The van der Waals surface area contributed by atoms with Crippen molar-refractivity contribution < 1.29 is 24.1 Å². The van der Waals surface area contributed by atoms with Gasteiger partial charge in [-0.25, -0.2) is 4.79 Å². The van der Waals surface area contributed by atoms with Crippen molar-refractivity contribution in [3.8, 4) is 0 Å². The van der Waals surface area contributed by atoms with Gasteiger partial charge in [0.15, 0.2) is 6.29 Å². The maximum Gasteiger partial charge on any atom is 0.334 e. The van der Waals surface area contributed by atoms with Crippen LogP contribution in [0.15, 0.2) is 23.5 Å². The van der Waals surface area contributed by atoms with Crippen molar-refractivity contribution in [1.29, 1.82) is 0 Å². The Hall–Kier alpha value is -1.33. The molecule has 22 heavy (non-hydrogen) atoms. The number of esters is 1. The predicted molar refractivity (Wildman–Crippen MR) is 84.1 cm³/mol. The second-order valence-electron chi connectivity index (χ2n) is 5.35. The summed E-state index contributed by atoms with van der Waals surface area (Å²) in [5, 5.41) is 9.22. The molecule has 1 unspecified atom stereocenters. The standard InChI is InChI=1S/C17H28O5/c1-3-12-21-15-10-8-14(9-11-15)17(19)22-13-6-4-5-7-16(18)20-2/h8,10,16,18H,3-7,9,11-13H2,1-2H3. The van der Waals surface area contributed by atoms with Crippen molar-refractivity contribution in [2.45, 2.75) is 58.2 Å². The summed E-state index contributed by atoms with van der Waals surface area (Å²) in [6, 6.07) is 0. The lowest BCUT2D eigenvalue weighted by atomic mass is 10.0. The molecule has 0 aromatic rings. The molecule has 0 fully saturated rings. The Balaban J connectivity index is 2.15. The second kappa shape index (κ2) is 11.3. The summed E-state index contributed by atoms with van der Waals surface area (Å²) in [7, 11) is 1.48. The number of allylic oxidation sites excluding steroid dienone is 3. The maximum atomic E-state index is 11.9. The number of ether oxygens (including phenoxy) is 3. The SMILES string of the molecule is CCCOC1=CC=C(C(=O)OCCCCCC(O)OC)CC1. The highest BCUT2D eigenvalue weighted by Crippen LogP contribution is 2.20. The van der Waals surface area contributed by atoms with E-state index in [2.05, 4.69) is 6.92 Å². The molecular formula is C17H28O5. The first-order valence-corrected chi connectivity index (χ1v) is 8.08. The Bertz CT molecular complexity index is 387. The van der Waals surface area contributed by atoms with E-state index < -0.39 is 6.29 Å². The molecule has 1 aliphatic rings. The Morgan fingerprint density at radius 2 is 2.05 bits per heavy atom. The molecule has 0 saturated carbocycles. The van der Waals surface area contributed by atoms with Gasteiger partial charge >= 0.3 is 5.97 Å². The minimum atomic E-state index is -0.689. The van der Waals surface area contributed by atoms with Crippen LogP contribution < -0.4 is 0 Å². The van der Waals surface area contributed by atoms with E-state index in [1.165, 1.54) is 7.11 Å². The van der Waals surface area contributed by atoms with Crippen LogP contribution in [0.5, 0.6) is 0 Å². The van der Waals surface area contributed by atoms with E-state index in [1.807, 2.05) is 6.08 Å². The van der Waals surface area contributed by atoms with Gasteiger partial charge in [-0.1, -0.05) is 6.92 Å². The quantitative estimate of drug-likeness (QED) is 0.361. The summed E-state index contributed by atoms with van der Waals surface area (Å²) >= 11 is 0. The molecule has 1 aliphatic carbocycles.